The number of hydrogen-bond acceptors (Lipinski definition) is 4. The molecule has 106 valence electrons. The lowest BCUT2D eigenvalue weighted by molar-refractivity contribution is -0.139. The molecule has 0 fully saturated rings. The Labute approximate surface area is 121 Å². The molecule has 0 unspecified atom stereocenters. The number of nitrogens with one attached hydrogen (secondary N) is 1. The molecule has 1 heterocycles. The maximum atomic E-state index is 13.0. The highest BCUT2D eigenvalue weighted by Gasteiger charge is 2.06. The zero-order valence-electron chi connectivity index (χ0n) is 11.2. The van der Waals surface area contributed by atoms with Crippen LogP contribution in [0.5, 0.6) is 0 Å². The number of esters is 1. The molecule has 0 spiro atoms. The van der Waals surface area contributed by atoms with E-state index in [2.05, 4.69) is 10.1 Å². The van der Waals surface area contributed by atoms with Gasteiger partial charge in [0, 0.05) is 22.8 Å². The lowest BCUT2D eigenvalue weighted by atomic mass is 10.2. The summed E-state index contributed by atoms with van der Waals surface area (Å²) in [6.45, 7) is 1.31. The zero-order valence-corrected chi connectivity index (χ0v) is 12.0. The van der Waals surface area contributed by atoms with Gasteiger partial charge in [-0.2, -0.15) is 0 Å². The van der Waals surface area contributed by atoms with Gasteiger partial charge in [0.25, 0.3) is 0 Å². The van der Waals surface area contributed by atoms with E-state index in [9.17, 15) is 9.18 Å². The van der Waals surface area contributed by atoms with Crippen molar-refractivity contribution in [1.82, 2.24) is 5.32 Å². The van der Waals surface area contributed by atoms with Crippen LogP contribution in [0.15, 0.2) is 36.4 Å². The quantitative estimate of drug-likeness (QED) is 0.832. The summed E-state index contributed by atoms with van der Waals surface area (Å²) in [7, 11) is 1.39. The first-order valence-electron chi connectivity index (χ1n) is 6.27. The number of thiophene rings is 1. The van der Waals surface area contributed by atoms with Crippen LogP contribution in [0.3, 0.4) is 0 Å². The minimum Gasteiger partial charge on any atom is -0.469 e. The molecule has 0 saturated heterocycles. The van der Waals surface area contributed by atoms with E-state index in [0.717, 1.165) is 15.3 Å². The standard InChI is InChI=1S/C15H16FNO2S/c1-19-15(18)8-13-5-6-14(20-13)10-17-9-11-3-2-4-12(16)7-11/h2-7,17H,8-10H2,1H3. The summed E-state index contributed by atoms with van der Waals surface area (Å²) >= 11 is 1.58. The van der Waals surface area contributed by atoms with E-state index in [4.69, 9.17) is 0 Å². The molecule has 0 saturated carbocycles. The highest BCUT2D eigenvalue weighted by molar-refractivity contribution is 7.12. The van der Waals surface area contributed by atoms with Gasteiger partial charge < -0.3 is 10.1 Å². The predicted molar refractivity (Wildman–Crippen MR) is 77.0 cm³/mol. The predicted octanol–water partition coefficient (Wildman–Crippen LogP) is 2.89. The van der Waals surface area contributed by atoms with Crippen LogP contribution in [0.1, 0.15) is 15.3 Å². The van der Waals surface area contributed by atoms with E-state index >= 15 is 0 Å². The number of benzene rings is 1. The molecule has 20 heavy (non-hydrogen) atoms. The van der Waals surface area contributed by atoms with Gasteiger partial charge in [-0.25, -0.2) is 4.39 Å². The third-order valence-electron chi connectivity index (χ3n) is 2.78. The third kappa shape index (κ3) is 4.43. The van der Waals surface area contributed by atoms with Crippen LogP contribution in [-0.2, 0) is 29.0 Å². The van der Waals surface area contributed by atoms with Crippen molar-refractivity contribution < 1.29 is 13.9 Å². The zero-order chi connectivity index (χ0) is 14.4. The first kappa shape index (κ1) is 14.7. The van der Waals surface area contributed by atoms with Crippen molar-refractivity contribution in [2.45, 2.75) is 19.5 Å². The van der Waals surface area contributed by atoms with Crippen LogP contribution < -0.4 is 5.32 Å². The third-order valence-corrected chi connectivity index (χ3v) is 3.87. The second kappa shape index (κ2) is 7.17. The number of methoxy groups -OCH3 is 1. The Kier molecular flexibility index (Phi) is 5.26. The number of halogens is 1. The van der Waals surface area contributed by atoms with Gasteiger partial charge >= 0.3 is 5.97 Å². The Morgan fingerprint density at radius 1 is 1.25 bits per heavy atom. The average molecular weight is 293 g/mol. The molecule has 0 bridgehead atoms. The molecule has 1 aromatic carbocycles. The molecule has 0 amide bonds. The molecule has 0 aliphatic heterocycles. The topological polar surface area (TPSA) is 38.3 Å². The normalized spacial score (nSPS) is 10.5. The van der Waals surface area contributed by atoms with Crippen LogP contribution in [-0.4, -0.2) is 13.1 Å². The Hall–Kier alpha value is -1.72. The smallest absolute Gasteiger partial charge is 0.310 e. The van der Waals surface area contributed by atoms with Crippen LogP contribution in [0, 0.1) is 5.82 Å². The van der Waals surface area contributed by atoms with Gasteiger partial charge in [0.15, 0.2) is 0 Å². The fraction of sp³-hybridized carbons (Fsp3) is 0.267. The van der Waals surface area contributed by atoms with Gasteiger partial charge in [0.1, 0.15) is 5.82 Å². The SMILES string of the molecule is COC(=O)Cc1ccc(CNCc2cccc(F)c2)s1. The fourth-order valence-corrected chi connectivity index (χ4v) is 2.78. The molecule has 0 atom stereocenters. The van der Waals surface area contributed by atoms with Gasteiger partial charge in [-0.15, -0.1) is 11.3 Å². The molecule has 1 N–H and O–H groups in total. The van der Waals surface area contributed by atoms with E-state index in [0.29, 0.717) is 19.5 Å². The van der Waals surface area contributed by atoms with Crippen molar-refractivity contribution in [1.29, 1.82) is 0 Å². The molecular weight excluding hydrogens is 277 g/mol. The van der Waals surface area contributed by atoms with E-state index < -0.39 is 0 Å². The molecular formula is C15H16FNO2S. The number of rotatable bonds is 6. The maximum Gasteiger partial charge on any atom is 0.310 e. The molecule has 0 aliphatic rings. The Morgan fingerprint density at radius 3 is 2.80 bits per heavy atom. The first-order valence-corrected chi connectivity index (χ1v) is 7.08. The van der Waals surface area contributed by atoms with Gasteiger partial charge in [-0.05, 0) is 29.8 Å². The molecule has 0 aliphatic carbocycles. The van der Waals surface area contributed by atoms with E-state index in [1.807, 2.05) is 18.2 Å². The minimum atomic E-state index is -0.230. The summed E-state index contributed by atoms with van der Waals surface area (Å²) in [5.41, 5.74) is 0.913. The largest absolute Gasteiger partial charge is 0.469 e. The minimum absolute atomic E-state index is 0.221. The Bertz CT molecular complexity index is 583. The summed E-state index contributed by atoms with van der Waals surface area (Å²) in [6, 6.07) is 10.5. The van der Waals surface area contributed by atoms with Crippen molar-refractivity contribution in [3.8, 4) is 0 Å². The first-order chi connectivity index (χ1) is 9.67. The summed E-state index contributed by atoms with van der Waals surface area (Å²) < 4.78 is 17.6. The van der Waals surface area contributed by atoms with Crippen molar-refractivity contribution in [2.75, 3.05) is 7.11 Å². The molecule has 0 radical (unpaired) electrons. The summed E-state index contributed by atoms with van der Waals surface area (Å²) in [6.07, 6.45) is 0.311. The van der Waals surface area contributed by atoms with E-state index in [1.165, 1.54) is 19.2 Å². The second-order valence-corrected chi connectivity index (χ2v) is 5.61. The summed E-state index contributed by atoms with van der Waals surface area (Å²) in [4.78, 5) is 13.3. The van der Waals surface area contributed by atoms with E-state index in [-0.39, 0.29) is 11.8 Å². The Morgan fingerprint density at radius 2 is 2.05 bits per heavy atom. The van der Waals surface area contributed by atoms with Crippen molar-refractivity contribution in [3.63, 3.8) is 0 Å². The highest BCUT2D eigenvalue weighted by atomic mass is 32.1. The lowest BCUT2D eigenvalue weighted by Gasteiger charge is -2.03. The van der Waals surface area contributed by atoms with Crippen molar-refractivity contribution in [2.24, 2.45) is 0 Å². The maximum absolute atomic E-state index is 13.0. The molecule has 5 heteroatoms. The highest BCUT2D eigenvalue weighted by Crippen LogP contribution is 2.17. The number of ether oxygens (including phenoxy) is 1. The van der Waals surface area contributed by atoms with Gasteiger partial charge in [-0.3, -0.25) is 4.79 Å². The number of carbonyl (C=O) groups is 1. The van der Waals surface area contributed by atoms with Gasteiger partial charge in [0.05, 0.1) is 13.5 Å². The van der Waals surface area contributed by atoms with Crippen LogP contribution >= 0.6 is 11.3 Å². The van der Waals surface area contributed by atoms with E-state index in [1.54, 1.807) is 17.4 Å². The van der Waals surface area contributed by atoms with Crippen molar-refractivity contribution in [3.05, 3.63) is 57.5 Å². The molecule has 3 nitrogen and oxygen atoms in total. The average Bonchev–Trinajstić information content (AvgIpc) is 2.86. The fourth-order valence-electron chi connectivity index (χ4n) is 1.80. The molecule has 2 rings (SSSR count). The van der Waals surface area contributed by atoms with Gasteiger partial charge in [-0.1, -0.05) is 12.1 Å². The Balaban J connectivity index is 1.81. The molecule has 1 aromatic heterocycles. The number of hydrogen-bond donors (Lipinski definition) is 1. The molecule has 2 aromatic rings. The van der Waals surface area contributed by atoms with Crippen LogP contribution in [0.4, 0.5) is 4.39 Å². The second-order valence-electron chi connectivity index (χ2n) is 4.35. The number of carbonyl (C=O) groups excluding carboxylic acids is 1. The van der Waals surface area contributed by atoms with Crippen LogP contribution in [0.25, 0.3) is 0 Å². The van der Waals surface area contributed by atoms with Crippen LogP contribution in [0.2, 0.25) is 0 Å². The van der Waals surface area contributed by atoms with Crippen molar-refractivity contribution >= 4 is 17.3 Å². The van der Waals surface area contributed by atoms with Gasteiger partial charge in [0.2, 0.25) is 0 Å². The summed E-state index contributed by atoms with van der Waals surface area (Å²) in [5, 5.41) is 3.25. The lowest BCUT2D eigenvalue weighted by Crippen LogP contribution is -2.11. The summed E-state index contributed by atoms with van der Waals surface area (Å²) in [5.74, 6) is -0.452. The monoisotopic (exact) mass is 293 g/mol.